The van der Waals surface area contributed by atoms with Crippen LogP contribution in [0.15, 0.2) is 113 Å². The van der Waals surface area contributed by atoms with E-state index in [1.165, 1.54) is 9.79 Å². The van der Waals surface area contributed by atoms with E-state index in [4.69, 9.17) is 0 Å². The van der Waals surface area contributed by atoms with Crippen LogP contribution in [-0.2, 0) is 4.79 Å². The molecule has 0 aromatic heterocycles. The van der Waals surface area contributed by atoms with Gasteiger partial charge in [-0.05, 0) is 74.5 Å². The third-order valence-corrected chi connectivity index (χ3v) is 7.20. The van der Waals surface area contributed by atoms with Gasteiger partial charge in [0.2, 0.25) is 5.91 Å². The van der Waals surface area contributed by atoms with Crippen LogP contribution in [0.25, 0.3) is 0 Å². The van der Waals surface area contributed by atoms with E-state index in [-0.39, 0.29) is 5.91 Å². The highest BCUT2D eigenvalue weighted by atomic mass is 32.2. The Balaban J connectivity index is 1.26. The molecule has 5 rings (SSSR count). The standard InChI is InChI=1S/C30H29N3OS/c1-22(2)33(24-10-4-3-5-11-24)25-18-16-23(17-19-25)31-30(34)20-21-32-26-12-6-8-14-28(26)35-29-15-9-7-13-27(29)32/h3-19,22H,20-21H2,1-2H3,(H,31,34). The second kappa shape index (κ2) is 10.3. The van der Waals surface area contributed by atoms with Gasteiger partial charge in [-0.1, -0.05) is 54.2 Å². The van der Waals surface area contributed by atoms with Crippen molar-refractivity contribution in [2.45, 2.75) is 36.1 Å². The molecule has 0 bridgehead atoms. The Morgan fingerprint density at radius 2 is 1.31 bits per heavy atom. The van der Waals surface area contributed by atoms with Crippen LogP contribution >= 0.6 is 11.8 Å². The SMILES string of the molecule is CC(C)N(c1ccccc1)c1ccc(NC(=O)CCN2c3ccccc3Sc3ccccc32)cc1. The van der Waals surface area contributed by atoms with Crippen molar-refractivity contribution >= 4 is 46.1 Å². The van der Waals surface area contributed by atoms with Crippen molar-refractivity contribution in [2.75, 3.05) is 21.7 Å². The molecule has 1 amide bonds. The van der Waals surface area contributed by atoms with Crippen molar-refractivity contribution in [2.24, 2.45) is 0 Å². The fourth-order valence-corrected chi connectivity index (χ4v) is 5.59. The minimum atomic E-state index is 0.00899. The second-order valence-corrected chi connectivity index (χ2v) is 9.92. The van der Waals surface area contributed by atoms with E-state index >= 15 is 0 Å². The number of hydrogen-bond acceptors (Lipinski definition) is 4. The molecule has 35 heavy (non-hydrogen) atoms. The summed E-state index contributed by atoms with van der Waals surface area (Å²) in [4.78, 5) is 19.9. The summed E-state index contributed by atoms with van der Waals surface area (Å²) in [6.45, 7) is 4.98. The number of carbonyl (C=O) groups excluding carboxylic acids is 1. The molecule has 4 aromatic rings. The lowest BCUT2D eigenvalue weighted by molar-refractivity contribution is -0.116. The molecule has 1 aliphatic rings. The molecule has 5 heteroatoms. The zero-order chi connectivity index (χ0) is 24.2. The molecular weight excluding hydrogens is 450 g/mol. The minimum absolute atomic E-state index is 0.00899. The van der Waals surface area contributed by atoms with Gasteiger partial charge in [-0.2, -0.15) is 0 Å². The van der Waals surface area contributed by atoms with Crippen LogP contribution in [0.5, 0.6) is 0 Å². The van der Waals surface area contributed by atoms with Crippen LogP contribution in [0.2, 0.25) is 0 Å². The second-order valence-electron chi connectivity index (χ2n) is 8.83. The smallest absolute Gasteiger partial charge is 0.226 e. The Morgan fingerprint density at radius 1 is 0.771 bits per heavy atom. The van der Waals surface area contributed by atoms with Gasteiger partial charge in [-0.25, -0.2) is 0 Å². The molecule has 4 aromatic carbocycles. The summed E-state index contributed by atoms with van der Waals surface area (Å²) in [5, 5.41) is 3.08. The molecule has 176 valence electrons. The fraction of sp³-hybridized carbons (Fsp3) is 0.167. The van der Waals surface area contributed by atoms with Gasteiger partial charge in [-0.15, -0.1) is 0 Å². The van der Waals surface area contributed by atoms with Crippen molar-refractivity contribution in [1.82, 2.24) is 0 Å². The number of rotatable bonds is 7. The molecule has 1 heterocycles. The predicted molar refractivity (Wildman–Crippen MR) is 147 cm³/mol. The van der Waals surface area contributed by atoms with Crippen LogP contribution in [0.3, 0.4) is 0 Å². The van der Waals surface area contributed by atoms with Crippen molar-refractivity contribution in [3.8, 4) is 0 Å². The number of fused-ring (bicyclic) bond motifs is 2. The number of benzene rings is 4. The van der Waals surface area contributed by atoms with Gasteiger partial charge in [0.25, 0.3) is 0 Å². The number of carbonyl (C=O) groups is 1. The highest BCUT2D eigenvalue weighted by Crippen LogP contribution is 2.47. The van der Waals surface area contributed by atoms with Crippen LogP contribution in [0.4, 0.5) is 28.4 Å². The number of hydrogen-bond donors (Lipinski definition) is 1. The van der Waals surface area contributed by atoms with Crippen LogP contribution in [0, 0.1) is 0 Å². The molecule has 0 saturated carbocycles. The van der Waals surface area contributed by atoms with Crippen molar-refractivity contribution in [1.29, 1.82) is 0 Å². The third kappa shape index (κ3) is 5.05. The number of amides is 1. The Hall–Kier alpha value is -3.70. The zero-order valence-corrected chi connectivity index (χ0v) is 20.8. The number of anilines is 5. The van der Waals surface area contributed by atoms with E-state index in [1.54, 1.807) is 11.8 Å². The maximum Gasteiger partial charge on any atom is 0.226 e. The van der Waals surface area contributed by atoms with E-state index in [9.17, 15) is 4.79 Å². The monoisotopic (exact) mass is 479 g/mol. The normalized spacial score (nSPS) is 12.1. The lowest BCUT2D eigenvalue weighted by Crippen LogP contribution is -2.26. The van der Waals surface area contributed by atoms with Gasteiger partial charge in [0.1, 0.15) is 0 Å². The van der Waals surface area contributed by atoms with Crippen molar-refractivity contribution in [3.05, 3.63) is 103 Å². The summed E-state index contributed by atoms with van der Waals surface area (Å²) in [5.74, 6) is 0.00899. The molecule has 4 nitrogen and oxygen atoms in total. The van der Waals surface area contributed by atoms with Gasteiger partial charge < -0.3 is 15.1 Å². The average molecular weight is 480 g/mol. The van der Waals surface area contributed by atoms with E-state index in [0.717, 1.165) is 28.4 Å². The molecule has 0 radical (unpaired) electrons. The Morgan fingerprint density at radius 3 is 1.91 bits per heavy atom. The van der Waals surface area contributed by atoms with Gasteiger partial charge in [0.05, 0.1) is 11.4 Å². The lowest BCUT2D eigenvalue weighted by Gasteiger charge is -2.32. The van der Waals surface area contributed by atoms with Crippen LogP contribution in [-0.4, -0.2) is 18.5 Å². The summed E-state index contributed by atoms with van der Waals surface area (Å²) in [5.41, 5.74) is 5.37. The first-order chi connectivity index (χ1) is 17.1. The first-order valence-electron chi connectivity index (χ1n) is 12.0. The molecule has 0 saturated heterocycles. The van der Waals surface area contributed by atoms with Crippen molar-refractivity contribution < 1.29 is 4.79 Å². The van der Waals surface area contributed by atoms with Gasteiger partial charge in [-0.3, -0.25) is 4.79 Å². The molecule has 1 aliphatic heterocycles. The largest absolute Gasteiger partial charge is 0.339 e. The molecular formula is C30H29N3OS. The van der Waals surface area contributed by atoms with Gasteiger partial charge in [0.15, 0.2) is 0 Å². The van der Waals surface area contributed by atoms with Gasteiger partial charge >= 0.3 is 0 Å². The van der Waals surface area contributed by atoms with Gasteiger partial charge in [0, 0.05) is 45.9 Å². The van der Waals surface area contributed by atoms with E-state index in [2.05, 4.69) is 114 Å². The Bertz CT molecular complexity index is 1260. The molecule has 0 spiro atoms. The van der Waals surface area contributed by atoms with E-state index in [0.29, 0.717) is 19.0 Å². The molecule has 0 fully saturated rings. The minimum Gasteiger partial charge on any atom is -0.339 e. The van der Waals surface area contributed by atoms with Crippen LogP contribution < -0.4 is 15.1 Å². The number of nitrogens with one attached hydrogen (secondary N) is 1. The summed E-state index contributed by atoms with van der Waals surface area (Å²) in [7, 11) is 0. The number of nitrogens with zero attached hydrogens (tertiary/aromatic N) is 2. The highest BCUT2D eigenvalue weighted by Gasteiger charge is 2.23. The van der Waals surface area contributed by atoms with E-state index in [1.807, 2.05) is 18.2 Å². The van der Waals surface area contributed by atoms with Crippen molar-refractivity contribution in [3.63, 3.8) is 0 Å². The first-order valence-corrected chi connectivity index (χ1v) is 12.8. The van der Waals surface area contributed by atoms with E-state index < -0.39 is 0 Å². The third-order valence-electron chi connectivity index (χ3n) is 6.07. The number of para-hydroxylation sites is 3. The topological polar surface area (TPSA) is 35.6 Å². The summed E-state index contributed by atoms with van der Waals surface area (Å²) < 4.78 is 0. The first kappa shape index (κ1) is 23.1. The Kier molecular flexibility index (Phi) is 6.77. The molecule has 0 aliphatic carbocycles. The highest BCUT2D eigenvalue weighted by molar-refractivity contribution is 7.99. The quantitative estimate of drug-likeness (QED) is 0.293. The Labute approximate surface area is 211 Å². The summed E-state index contributed by atoms with van der Waals surface area (Å²) >= 11 is 1.78. The fourth-order valence-electron chi connectivity index (χ4n) is 4.50. The zero-order valence-electron chi connectivity index (χ0n) is 20.0. The summed E-state index contributed by atoms with van der Waals surface area (Å²) in [6, 6.07) is 35.5. The lowest BCUT2D eigenvalue weighted by atomic mass is 10.1. The van der Waals surface area contributed by atoms with Crippen LogP contribution in [0.1, 0.15) is 20.3 Å². The maximum atomic E-state index is 12.9. The maximum absolute atomic E-state index is 12.9. The molecule has 1 N–H and O–H groups in total. The average Bonchev–Trinajstić information content (AvgIpc) is 2.88. The summed E-state index contributed by atoms with van der Waals surface area (Å²) in [6.07, 6.45) is 0.400. The molecule has 0 atom stereocenters. The predicted octanol–water partition coefficient (Wildman–Crippen LogP) is 7.86. The molecule has 0 unspecified atom stereocenters.